The number of alkyl carbamates (subject to hydrolysis) is 1. The first-order valence-electron chi connectivity index (χ1n) is 6.97. The standard InChI is InChI=1S/C16H17ClF3NO3/c1-15(2,3)24-14(22)21-9-5-4-6-11-7-8-12(10-13(11)17)23-16(18,19)20/h7-8,10H,5,9H2,1-3H3,(H,21,22). The van der Waals surface area contributed by atoms with Crippen molar-refractivity contribution >= 4 is 17.7 Å². The van der Waals surface area contributed by atoms with Crippen molar-refractivity contribution in [2.45, 2.75) is 39.2 Å². The van der Waals surface area contributed by atoms with E-state index in [2.05, 4.69) is 21.9 Å². The summed E-state index contributed by atoms with van der Waals surface area (Å²) in [5.41, 5.74) is -0.216. The second-order valence-corrected chi connectivity index (χ2v) is 6.08. The van der Waals surface area contributed by atoms with Crippen LogP contribution in [0.3, 0.4) is 0 Å². The first-order valence-corrected chi connectivity index (χ1v) is 7.35. The molecular formula is C16H17ClF3NO3. The zero-order valence-corrected chi connectivity index (χ0v) is 14.1. The first kappa shape index (κ1) is 20.0. The maximum Gasteiger partial charge on any atom is 0.573 e. The van der Waals surface area contributed by atoms with Crippen molar-refractivity contribution in [3.63, 3.8) is 0 Å². The molecule has 0 heterocycles. The van der Waals surface area contributed by atoms with E-state index in [1.54, 1.807) is 20.8 Å². The molecule has 1 amide bonds. The molecule has 0 aliphatic rings. The van der Waals surface area contributed by atoms with Crippen molar-refractivity contribution in [1.29, 1.82) is 0 Å². The zero-order valence-electron chi connectivity index (χ0n) is 13.4. The quantitative estimate of drug-likeness (QED) is 0.635. The van der Waals surface area contributed by atoms with E-state index in [-0.39, 0.29) is 11.6 Å². The van der Waals surface area contributed by atoms with Crippen molar-refractivity contribution < 1.29 is 27.4 Å². The summed E-state index contributed by atoms with van der Waals surface area (Å²) >= 11 is 5.85. The molecule has 0 aromatic heterocycles. The fourth-order valence-electron chi connectivity index (χ4n) is 1.49. The van der Waals surface area contributed by atoms with E-state index in [4.69, 9.17) is 16.3 Å². The van der Waals surface area contributed by atoms with E-state index >= 15 is 0 Å². The molecule has 0 spiro atoms. The van der Waals surface area contributed by atoms with Crippen LogP contribution in [0.1, 0.15) is 32.8 Å². The van der Waals surface area contributed by atoms with Crippen molar-refractivity contribution in [2.24, 2.45) is 0 Å². The van der Waals surface area contributed by atoms with Crippen LogP contribution in [0, 0.1) is 11.8 Å². The summed E-state index contributed by atoms with van der Waals surface area (Å²) < 4.78 is 45.1. The smallest absolute Gasteiger partial charge is 0.444 e. The van der Waals surface area contributed by atoms with Gasteiger partial charge in [-0.2, -0.15) is 0 Å². The molecule has 0 saturated carbocycles. The molecule has 8 heteroatoms. The molecule has 1 aromatic rings. The van der Waals surface area contributed by atoms with E-state index in [1.807, 2.05) is 0 Å². The largest absolute Gasteiger partial charge is 0.573 e. The van der Waals surface area contributed by atoms with Crippen molar-refractivity contribution in [2.75, 3.05) is 6.54 Å². The van der Waals surface area contributed by atoms with Gasteiger partial charge in [0, 0.05) is 24.6 Å². The van der Waals surface area contributed by atoms with Crippen LogP contribution < -0.4 is 10.1 Å². The third kappa shape index (κ3) is 8.53. The molecule has 0 aliphatic heterocycles. The average Bonchev–Trinajstić information content (AvgIpc) is 2.36. The van der Waals surface area contributed by atoms with Gasteiger partial charge in [-0.25, -0.2) is 4.79 Å². The fourth-order valence-corrected chi connectivity index (χ4v) is 1.71. The van der Waals surface area contributed by atoms with Gasteiger partial charge >= 0.3 is 12.5 Å². The molecule has 0 unspecified atom stereocenters. The molecule has 0 aliphatic carbocycles. The Hall–Kier alpha value is -2.07. The number of carbonyl (C=O) groups excluding carboxylic acids is 1. The predicted molar refractivity (Wildman–Crippen MR) is 83.9 cm³/mol. The normalized spacial score (nSPS) is 11.3. The molecule has 0 saturated heterocycles. The Balaban J connectivity index is 2.51. The third-order valence-corrected chi connectivity index (χ3v) is 2.63. The van der Waals surface area contributed by atoms with Gasteiger partial charge in [0.15, 0.2) is 0 Å². The Kier molecular flexibility index (Phi) is 6.79. The van der Waals surface area contributed by atoms with Gasteiger partial charge in [-0.15, -0.1) is 13.2 Å². The van der Waals surface area contributed by atoms with Gasteiger partial charge in [0.25, 0.3) is 0 Å². The minimum absolute atomic E-state index is 0.0457. The lowest BCUT2D eigenvalue weighted by Gasteiger charge is -2.19. The van der Waals surface area contributed by atoms with Gasteiger partial charge in [0.2, 0.25) is 0 Å². The van der Waals surface area contributed by atoms with Gasteiger partial charge in [-0.1, -0.05) is 23.4 Å². The maximum atomic E-state index is 12.1. The lowest BCUT2D eigenvalue weighted by molar-refractivity contribution is -0.274. The Labute approximate surface area is 143 Å². The fraction of sp³-hybridized carbons (Fsp3) is 0.438. The number of halogens is 4. The molecule has 0 atom stereocenters. The van der Waals surface area contributed by atoms with E-state index in [0.29, 0.717) is 12.0 Å². The lowest BCUT2D eigenvalue weighted by atomic mass is 10.2. The average molecular weight is 364 g/mol. The van der Waals surface area contributed by atoms with Crippen molar-refractivity contribution in [1.82, 2.24) is 5.32 Å². The van der Waals surface area contributed by atoms with Gasteiger partial charge in [-0.05, 0) is 32.9 Å². The van der Waals surface area contributed by atoms with Crippen LogP contribution in [-0.4, -0.2) is 24.6 Å². The highest BCUT2D eigenvalue weighted by Gasteiger charge is 2.31. The van der Waals surface area contributed by atoms with Crippen LogP contribution >= 0.6 is 11.6 Å². The van der Waals surface area contributed by atoms with Crippen molar-refractivity contribution in [3.05, 3.63) is 28.8 Å². The second kappa shape index (κ2) is 8.15. The molecule has 132 valence electrons. The summed E-state index contributed by atoms with van der Waals surface area (Å²) in [5, 5.41) is 2.58. The topological polar surface area (TPSA) is 47.6 Å². The molecule has 0 bridgehead atoms. The highest BCUT2D eigenvalue weighted by molar-refractivity contribution is 6.31. The third-order valence-electron chi connectivity index (χ3n) is 2.32. The minimum Gasteiger partial charge on any atom is -0.444 e. The van der Waals surface area contributed by atoms with E-state index in [1.165, 1.54) is 6.07 Å². The number of benzene rings is 1. The Morgan fingerprint density at radius 3 is 2.50 bits per heavy atom. The summed E-state index contributed by atoms with van der Waals surface area (Å²) in [6.07, 6.45) is -4.99. The van der Waals surface area contributed by atoms with Crippen molar-refractivity contribution in [3.8, 4) is 17.6 Å². The number of amides is 1. The van der Waals surface area contributed by atoms with Crippen LogP contribution in [-0.2, 0) is 4.74 Å². The number of ether oxygens (including phenoxy) is 2. The number of hydrogen-bond acceptors (Lipinski definition) is 3. The van der Waals surface area contributed by atoms with Gasteiger partial charge in [-0.3, -0.25) is 0 Å². The number of nitrogens with one attached hydrogen (secondary N) is 1. The number of hydrogen-bond donors (Lipinski definition) is 1. The second-order valence-electron chi connectivity index (χ2n) is 5.67. The number of carbonyl (C=O) groups is 1. The minimum atomic E-state index is -4.77. The Morgan fingerprint density at radius 1 is 1.29 bits per heavy atom. The summed E-state index contributed by atoms with van der Waals surface area (Å²) in [6.45, 7) is 5.52. The molecule has 24 heavy (non-hydrogen) atoms. The molecule has 1 aromatic carbocycles. The highest BCUT2D eigenvalue weighted by Crippen LogP contribution is 2.27. The predicted octanol–water partition coefficient (Wildman–Crippen LogP) is 4.50. The Bertz CT molecular complexity index is 643. The molecular weight excluding hydrogens is 347 g/mol. The van der Waals surface area contributed by atoms with Crippen LogP contribution in [0.5, 0.6) is 5.75 Å². The Morgan fingerprint density at radius 2 is 1.96 bits per heavy atom. The SMILES string of the molecule is CC(C)(C)OC(=O)NCCC#Cc1ccc(OC(F)(F)F)cc1Cl. The first-order chi connectivity index (χ1) is 11.0. The summed E-state index contributed by atoms with van der Waals surface area (Å²) in [4.78, 5) is 11.4. The van der Waals surface area contributed by atoms with Crippen LogP contribution in [0.4, 0.5) is 18.0 Å². The van der Waals surface area contributed by atoms with Gasteiger partial charge < -0.3 is 14.8 Å². The van der Waals surface area contributed by atoms with E-state index < -0.39 is 23.8 Å². The molecule has 0 fully saturated rings. The van der Waals surface area contributed by atoms with Gasteiger partial charge in [0.05, 0.1) is 5.02 Å². The van der Waals surface area contributed by atoms with Crippen LogP contribution in [0.2, 0.25) is 5.02 Å². The monoisotopic (exact) mass is 363 g/mol. The van der Waals surface area contributed by atoms with E-state index in [0.717, 1.165) is 12.1 Å². The summed E-state index contributed by atoms with van der Waals surface area (Å²) in [7, 11) is 0. The maximum absolute atomic E-state index is 12.1. The van der Waals surface area contributed by atoms with E-state index in [9.17, 15) is 18.0 Å². The van der Waals surface area contributed by atoms with Crippen LogP contribution in [0.25, 0.3) is 0 Å². The molecule has 1 rings (SSSR count). The van der Waals surface area contributed by atoms with Gasteiger partial charge in [0.1, 0.15) is 11.4 Å². The number of rotatable bonds is 3. The lowest BCUT2D eigenvalue weighted by Crippen LogP contribution is -2.32. The highest BCUT2D eigenvalue weighted by atomic mass is 35.5. The zero-order chi connectivity index (χ0) is 18.4. The molecule has 0 radical (unpaired) electrons. The number of alkyl halides is 3. The summed E-state index contributed by atoms with van der Waals surface area (Å²) in [6, 6.07) is 3.50. The summed E-state index contributed by atoms with van der Waals surface area (Å²) in [5.74, 6) is 5.06. The molecule has 1 N–H and O–H groups in total. The molecule has 4 nitrogen and oxygen atoms in total. The van der Waals surface area contributed by atoms with Crippen LogP contribution in [0.15, 0.2) is 18.2 Å².